The van der Waals surface area contributed by atoms with E-state index in [2.05, 4.69) is 83.1 Å². The van der Waals surface area contributed by atoms with Crippen molar-refractivity contribution < 1.29 is 4.74 Å². The quantitative estimate of drug-likeness (QED) is 0.220. The van der Waals surface area contributed by atoms with Gasteiger partial charge in [0.1, 0.15) is 0 Å². The van der Waals surface area contributed by atoms with E-state index in [1.54, 1.807) is 0 Å². The van der Waals surface area contributed by atoms with Crippen molar-refractivity contribution in [2.45, 2.75) is 171 Å². The Kier molecular flexibility index (Phi) is 13.9. The molecular weight excluding hydrogens is 572 g/mol. The molecule has 0 aromatic heterocycles. The summed E-state index contributed by atoms with van der Waals surface area (Å²) in [7, 11) is 0. The first kappa shape index (κ1) is 39.7. The third-order valence-corrected chi connectivity index (χ3v) is 15.6. The highest BCUT2D eigenvalue weighted by Gasteiger charge is 2.55. The molecule has 4 fully saturated rings. The van der Waals surface area contributed by atoms with Crippen molar-refractivity contribution in [2.75, 3.05) is 13.2 Å². The van der Waals surface area contributed by atoms with Crippen LogP contribution in [0.25, 0.3) is 0 Å². The molecule has 0 bridgehead atoms. The van der Waals surface area contributed by atoms with Crippen LogP contribution in [0.3, 0.4) is 0 Å². The van der Waals surface area contributed by atoms with Gasteiger partial charge in [-0.2, -0.15) is 0 Å². The molecule has 0 saturated heterocycles. The molecule has 4 aliphatic rings. The molecule has 3 heteroatoms. The molecule has 12 unspecified atom stereocenters. The van der Waals surface area contributed by atoms with Gasteiger partial charge in [0, 0.05) is 11.1 Å². The molecule has 0 heterocycles. The van der Waals surface area contributed by atoms with Crippen LogP contribution in [0.5, 0.6) is 0 Å². The standard InChI is InChI=1S/C44H84N2O/c1-27(2)35-17-13-31(9)21-39(35)43(45,40-22-32(10)14-18-36(40)28(3)4)25-47-26-44(46,41-23-33(11)15-19-37(41)29(5)6)42-24-34(12)16-20-38(42)30(7)8/h27-42H,13-26,45-46H2,1-12H3. The second-order valence-corrected chi connectivity index (χ2v) is 20.4. The van der Waals surface area contributed by atoms with Crippen molar-refractivity contribution in [3.63, 3.8) is 0 Å². The lowest BCUT2D eigenvalue weighted by Gasteiger charge is -2.57. The Morgan fingerprint density at radius 1 is 0.426 bits per heavy atom. The fourth-order valence-corrected chi connectivity index (χ4v) is 12.7. The average molecular weight is 657 g/mol. The zero-order valence-corrected chi connectivity index (χ0v) is 33.7. The first-order valence-corrected chi connectivity index (χ1v) is 21.1. The van der Waals surface area contributed by atoms with Gasteiger partial charge in [0.25, 0.3) is 0 Å². The van der Waals surface area contributed by atoms with Crippen LogP contribution in [0.4, 0.5) is 0 Å². The maximum absolute atomic E-state index is 8.14. The van der Waals surface area contributed by atoms with E-state index in [9.17, 15) is 0 Å². The highest BCUT2D eigenvalue weighted by Crippen LogP contribution is 2.54. The number of hydrogen-bond donors (Lipinski definition) is 2. The van der Waals surface area contributed by atoms with E-state index >= 15 is 0 Å². The Hall–Kier alpha value is -0.120. The number of rotatable bonds is 12. The van der Waals surface area contributed by atoms with Crippen molar-refractivity contribution in [3.05, 3.63) is 0 Å². The Bertz CT molecular complexity index is 803. The molecule has 12 atom stereocenters. The molecule has 4 aliphatic carbocycles. The zero-order chi connectivity index (χ0) is 34.8. The van der Waals surface area contributed by atoms with Gasteiger partial charge in [-0.05, 0) is 146 Å². The number of hydrogen-bond acceptors (Lipinski definition) is 3. The van der Waals surface area contributed by atoms with Gasteiger partial charge in [-0.3, -0.25) is 0 Å². The molecule has 0 aliphatic heterocycles. The Morgan fingerprint density at radius 2 is 0.638 bits per heavy atom. The van der Waals surface area contributed by atoms with E-state index in [4.69, 9.17) is 16.2 Å². The molecule has 276 valence electrons. The number of nitrogens with two attached hydrogens (primary N) is 2. The van der Waals surface area contributed by atoms with Crippen molar-refractivity contribution in [3.8, 4) is 0 Å². The molecule has 0 spiro atoms. The second-order valence-electron chi connectivity index (χ2n) is 20.4. The maximum atomic E-state index is 8.14. The third kappa shape index (κ3) is 8.86. The fourth-order valence-electron chi connectivity index (χ4n) is 12.7. The minimum absolute atomic E-state index is 0.303. The van der Waals surface area contributed by atoms with Crippen molar-refractivity contribution in [1.29, 1.82) is 0 Å². The summed E-state index contributed by atoms with van der Waals surface area (Å²) in [6.45, 7) is 31.1. The summed E-state index contributed by atoms with van der Waals surface area (Å²) in [5.41, 5.74) is 15.7. The van der Waals surface area contributed by atoms with Crippen LogP contribution in [0, 0.1) is 94.7 Å². The third-order valence-electron chi connectivity index (χ3n) is 15.6. The molecule has 47 heavy (non-hydrogen) atoms. The Labute approximate surface area is 294 Å². The summed E-state index contributed by atoms with van der Waals surface area (Å²) >= 11 is 0. The molecular formula is C44H84N2O. The minimum atomic E-state index is -0.303. The van der Waals surface area contributed by atoms with Gasteiger partial charge in [-0.15, -0.1) is 0 Å². The largest absolute Gasteiger partial charge is 0.378 e. The van der Waals surface area contributed by atoms with E-state index in [-0.39, 0.29) is 11.1 Å². The highest BCUT2D eigenvalue weighted by atomic mass is 16.5. The van der Waals surface area contributed by atoms with Crippen LogP contribution in [-0.2, 0) is 4.74 Å². The first-order chi connectivity index (χ1) is 22.0. The normalized spacial score (nSPS) is 41.7. The van der Waals surface area contributed by atoms with Gasteiger partial charge in [0.2, 0.25) is 0 Å². The van der Waals surface area contributed by atoms with Crippen LogP contribution in [0.15, 0.2) is 0 Å². The van der Waals surface area contributed by atoms with E-state index in [0.717, 1.165) is 23.7 Å². The van der Waals surface area contributed by atoms with Crippen LogP contribution < -0.4 is 11.5 Å². The topological polar surface area (TPSA) is 61.3 Å². The Balaban J connectivity index is 1.74. The molecule has 4 N–H and O–H groups in total. The predicted octanol–water partition coefficient (Wildman–Crippen LogP) is 11.2. The van der Waals surface area contributed by atoms with Crippen LogP contribution in [0.2, 0.25) is 0 Å². The summed E-state index contributed by atoms with van der Waals surface area (Å²) < 4.78 is 7.38. The second kappa shape index (κ2) is 16.5. The Morgan fingerprint density at radius 3 is 0.830 bits per heavy atom. The van der Waals surface area contributed by atoms with Crippen LogP contribution >= 0.6 is 0 Å². The summed E-state index contributed by atoms with van der Waals surface area (Å²) in [5.74, 6) is 10.4. The molecule has 4 rings (SSSR count). The van der Waals surface area contributed by atoms with Gasteiger partial charge in [-0.25, -0.2) is 0 Å². The van der Waals surface area contributed by atoms with E-state index < -0.39 is 0 Å². The van der Waals surface area contributed by atoms with Crippen LogP contribution in [-0.4, -0.2) is 24.3 Å². The summed E-state index contributed by atoms with van der Waals surface area (Å²) in [6.07, 6.45) is 15.7. The van der Waals surface area contributed by atoms with Crippen molar-refractivity contribution in [1.82, 2.24) is 0 Å². The van der Waals surface area contributed by atoms with Crippen molar-refractivity contribution in [2.24, 2.45) is 106 Å². The average Bonchev–Trinajstić information content (AvgIpc) is 3.00. The van der Waals surface area contributed by atoms with Crippen LogP contribution in [0.1, 0.15) is 160 Å². The highest BCUT2D eigenvalue weighted by molar-refractivity contribution is 5.08. The first-order valence-electron chi connectivity index (χ1n) is 21.1. The molecule has 0 amide bonds. The van der Waals surface area contributed by atoms with Gasteiger partial charge in [0.05, 0.1) is 13.2 Å². The zero-order valence-electron chi connectivity index (χ0n) is 33.7. The molecule has 3 nitrogen and oxygen atoms in total. The van der Waals surface area contributed by atoms with E-state index in [1.165, 1.54) is 77.0 Å². The maximum Gasteiger partial charge on any atom is 0.0652 e. The van der Waals surface area contributed by atoms with Gasteiger partial charge >= 0.3 is 0 Å². The molecule has 0 aromatic rings. The predicted molar refractivity (Wildman–Crippen MR) is 204 cm³/mol. The van der Waals surface area contributed by atoms with E-state index in [1.807, 2.05) is 0 Å². The summed E-state index contributed by atoms with van der Waals surface area (Å²) in [6, 6.07) is 0. The van der Waals surface area contributed by atoms with E-state index in [0.29, 0.717) is 84.2 Å². The molecule has 4 saturated carbocycles. The molecule has 0 radical (unpaired) electrons. The lowest BCUT2D eigenvalue weighted by molar-refractivity contribution is -0.0973. The minimum Gasteiger partial charge on any atom is -0.378 e. The molecule has 0 aromatic carbocycles. The summed E-state index contributed by atoms with van der Waals surface area (Å²) in [4.78, 5) is 0. The fraction of sp³-hybridized carbons (Fsp3) is 1.00. The lowest BCUT2D eigenvalue weighted by atomic mass is 9.53. The smallest absolute Gasteiger partial charge is 0.0652 e. The van der Waals surface area contributed by atoms with Crippen molar-refractivity contribution >= 4 is 0 Å². The van der Waals surface area contributed by atoms with Gasteiger partial charge < -0.3 is 16.2 Å². The lowest BCUT2D eigenvalue weighted by Crippen LogP contribution is -2.66. The SMILES string of the molecule is CC1CCC(C(C)C)C(C(N)(COCC(N)(C2CC(C)CCC2C(C)C)C2CC(C)CCC2C(C)C)C2CC(C)CCC2C(C)C)C1. The van der Waals surface area contributed by atoms with Gasteiger partial charge in [0.15, 0.2) is 0 Å². The number of ether oxygens (including phenoxy) is 1. The monoisotopic (exact) mass is 657 g/mol. The summed E-state index contributed by atoms with van der Waals surface area (Å²) in [5, 5.41) is 0. The van der Waals surface area contributed by atoms with Gasteiger partial charge in [-0.1, -0.05) is 109 Å².